The molecule has 0 spiro atoms. The van der Waals surface area contributed by atoms with Gasteiger partial charge in [-0.25, -0.2) is 0 Å². The molecular weight excluding hydrogens is 317 g/mol. The molecule has 1 N–H and O–H groups in total. The lowest BCUT2D eigenvalue weighted by Gasteiger charge is -2.21. The zero-order chi connectivity index (χ0) is 14.9. The Bertz CT molecular complexity index is 488. The molecule has 2 nitrogen and oxygen atoms in total. The van der Waals surface area contributed by atoms with E-state index in [1.54, 1.807) is 0 Å². The first-order valence-corrected chi connectivity index (χ1v) is 7.95. The van der Waals surface area contributed by atoms with Crippen LogP contribution in [0.2, 0.25) is 5.02 Å². The van der Waals surface area contributed by atoms with Crippen molar-refractivity contribution >= 4 is 40.7 Å². The molecule has 1 saturated carbocycles. The van der Waals surface area contributed by atoms with Crippen LogP contribution in [0, 0.1) is 11.3 Å². The van der Waals surface area contributed by atoms with Crippen molar-refractivity contribution in [3.05, 3.63) is 34.9 Å². The van der Waals surface area contributed by atoms with Crippen LogP contribution in [0.4, 0.5) is 0 Å². The summed E-state index contributed by atoms with van der Waals surface area (Å²) in [6.07, 6.45) is 1.36. The van der Waals surface area contributed by atoms with Gasteiger partial charge in [-0.1, -0.05) is 30.7 Å². The molecule has 3 atom stereocenters. The average molecular weight is 335 g/mol. The molecule has 1 aromatic rings. The molecule has 0 radical (unpaired) electrons. The Kier molecular flexibility index (Phi) is 4.88. The predicted octanol–water partition coefficient (Wildman–Crippen LogP) is 4.74. The van der Waals surface area contributed by atoms with Gasteiger partial charge < -0.3 is 5.32 Å². The lowest BCUT2D eigenvalue weighted by Crippen LogP contribution is -2.35. The number of rotatable bonds is 5. The van der Waals surface area contributed by atoms with E-state index in [4.69, 9.17) is 34.8 Å². The first kappa shape index (κ1) is 15.9. The van der Waals surface area contributed by atoms with E-state index in [0.717, 1.165) is 12.0 Å². The summed E-state index contributed by atoms with van der Waals surface area (Å²) in [5.74, 6) is 0.374. The van der Waals surface area contributed by atoms with Gasteiger partial charge in [-0.05, 0) is 43.4 Å². The monoisotopic (exact) mass is 333 g/mol. The summed E-state index contributed by atoms with van der Waals surface area (Å²) in [4.78, 5) is 12.0. The molecule has 1 amide bonds. The van der Waals surface area contributed by atoms with Gasteiger partial charge in [-0.3, -0.25) is 4.79 Å². The second-order valence-corrected chi connectivity index (χ2v) is 7.32. The standard InChI is InChI=1S/C15H18Cl3NO/c1-9-7-15(9,8-13(17)18)14(20)19-10(2)11-3-5-12(16)6-4-11/h3-6,9-10,13H,7-8H2,1-2H3,(H,19,20). The van der Waals surface area contributed by atoms with E-state index in [1.807, 2.05) is 31.2 Å². The fourth-order valence-corrected chi connectivity index (χ4v) is 3.31. The van der Waals surface area contributed by atoms with Gasteiger partial charge in [0.15, 0.2) is 0 Å². The van der Waals surface area contributed by atoms with Crippen LogP contribution in [-0.4, -0.2) is 10.7 Å². The zero-order valence-corrected chi connectivity index (χ0v) is 13.8. The van der Waals surface area contributed by atoms with E-state index in [-0.39, 0.29) is 11.9 Å². The molecule has 1 aromatic carbocycles. The smallest absolute Gasteiger partial charge is 0.227 e. The first-order chi connectivity index (χ1) is 9.35. The van der Waals surface area contributed by atoms with Gasteiger partial charge in [0.2, 0.25) is 5.91 Å². The minimum Gasteiger partial charge on any atom is -0.349 e. The highest BCUT2D eigenvalue weighted by Gasteiger charge is 2.57. The van der Waals surface area contributed by atoms with Crippen molar-refractivity contribution in [2.75, 3.05) is 0 Å². The van der Waals surface area contributed by atoms with Crippen LogP contribution < -0.4 is 5.32 Å². The Balaban J connectivity index is 2.02. The van der Waals surface area contributed by atoms with Gasteiger partial charge in [-0.15, -0.1) is 23.2 Å². The topological polar surface area (TPSA) is 29.1 Å². The summed E-state index contributed by atoms with van der Waals surface area (Å²) in [7, 11) is 0. The Morgan fingerprint density at radius 3 is 2.40 bits per heavy atom. The molecule has 1 fully saturated rings. The van der Waals surface area contributed by atoms with Crippen LogP contribution in [0.5, 0.6) is 0 Å². The average Bonchev–Trinajstić information content (AvgIpc) is 3.00. The van der Waals surface area contributed by atoms with Crippen molar-refractivity contribution in [3.8, 4) is 0 Å². The second kappa shape index (κ2) is 6.13. The van der Waals surface area contributed by atoms with Gasteiger partial charge in [0.05, 0.1) is 11.5 Å². The Hall–Kier alpha value is -0.440. The molecule has 1 aliphatic carbocycles. The highest BCUT2D eigenvalue weighted by Crippen LogP contribution is 2.56. The summed E-state index contributed by atoms with van der Waals surface area (Å²) in [6.45, 7) is 4.02. The van der Waals surface area contributed by atoms with Crippen LogP contribution in [0.25, 0.3) is 0 Å². The fourth-order valence-electron chi connectivity index (χ4n) is 2.63. The summed E-state index contributed by atoms with van der Waals surface area (Å²) < 4.78 is 0. The van der Waals surface area contributed by atoms with E-state index in [1.165, 1.54) is 0 Å². The van der Waals surface area contributed by atoms with Crippen LogP contribution in [-0.2, 0) is 4.79 Å². The van der Waals surface area contributed by atoms with Crippen molar-refractivity contribution in [1.29, 1.82) is 0 Å². The summed E-state index contributed by atoms with van der Waals surface area (Å²) in [6, 6.07) is 7.42. The van der Waals surface area contributed by atoms with Gasteiger partial charge in [-0.2, -0.15) is 0 Å². The number of amides is 1. The molecule has 0 heterocycles. The molecule has 20 heavy (non-hydrogen) atoms. The highest BCUT2D eigenvalue weighted by molar-refractivity contribution is 6.44. The fraction of sp³-hybridized carbons (Fsp3) is 0.533. The number of benzene rings is 1. The van der Waals surface area contributed by atoms with E-state index in [0.29, 0.717) is 17.4 Å². The van der Waals surface area contributed by atoms with Crippen LogP contribution in [0.3, 0.4) is 0 Å². The van der Waals surface area contributed by atoms with Crippen molar-refractivity contribution in [2.24, 2.45) is 11.3 Å². The minimum absolute atomic E-state index is 0.0405. The Labute approximate surface area is 134 Å². The highest BCUT2D eigenvalue weighted by atomic mass is 35.5. The minimum atomic E-state index is -0.503. The second-order valence-electron chi connectivity index (χ2n) is 5.60. The Morgan fingerprint density at radius 2 is 1.95 bits per heavy atom. The van der Waals surface area contributed by atoms with Crippen LogP contribution in [0.1, 0.15) is 38.3 Å². The molecule has 5 heteroatoms. The van der Waals surface area contributed by atoms with Gasteiger partial charge in [0.1, 0.15) is 4.84 Å². The third-order valence-corrected chi connectivity index (χ3v) is 4.70. The number of carbonyl (C=O) groups excluding carboxylic acids is 1. The van der Waals surface area contributed by atoms with Crippen molar-refractivity contribution in [2.45, 2.75) is 37.6 Å². The number of nitrogens with one attached hydrogen (secondary N) is 1. The normalized spacial score (nSPS) is 26.4. The maximum atomic E-state index is 12.5. The van der Waals surface area contributed by atoms with E-state index < -0.39 is 10.3 Å². The molecule has 0 bridgehead atoms. The largest absolute Gasteiger partial charge is 0.349 e. The lowest BCUT2D eigenvalue weighted by atomic mass is 9.98. The van der Waals surface area contributed by atoms with E-state index in [9.17, 15) is 4.79 Å². The zero-order valence-electron chi connectivity index (χ0n) is 11.5. The third-order valence-electron chi connectivity index (χ3n) is 4.14. The Morgan fingerprint density at radius 1 is 1.40 bits per heavy atom. The number of alkyl halides is 2. The SMILES string of the molecule is CC(NC(=O)C1(CC(Cl)Cl)CC1C)c1ccc(Cl)cc1. The molecule has 0 saturated heterocycles. The number of carbonyl (C=O) groups is 1. The summed E-state index contributed by atoms with van der Waals surface area (Å²) >= 11 is 17.6. The molecule has 1 aliphatic rings. The quantitative estimate of drug-likeness (QED) is 0.774. The van der Waals surface area contributed by atoms with E-state index in [2.05, 4.69) is 12.2 Å². The summed E-state index contributed by atoms with van der Waals surface area (Å²) in [5, 5.41) is 3.74. The molecule has 0 aliphatic heterocycles. The predicted molar refractivity (Wildman–Crippen MR) is 84.3 cm³/mol. The van der Waals surface area contributed by atoms with E-state index >= 15 is 0 Å². The number of hydrogen-bond acceptors (Lipinski definition) is 1. The molecule has 3 unspecified atom stereocenters. The van der Waals surface area contributed by atoms with Crippen LogP contribution >= 0.6 is 34.8 Å². The maximum absolute atomic E-state index is 12.5. The number of hydrogen-bond donors (Lipinski definition) is 1. The molecular formula is C15H18Cl3NO. The molecule has 0 aromatic heterocycles. The molecule has 2 rings (SSSR count). The summed E-state index contributed by atoms with van der Waals surface area (Å²) in [5.41, 5.74) is 0.633. The van der Waals surface area contributed by atoms with Crippen molar-refractivity contribution < 1.29 is 4.79 Å². The molecule has 110 valence electrons. The van der Waals surface area contributed by atoms with Gasteiger partial charge in [0, 0.05) is 5.02 Å². The maximum Gasteiger partial charge on any atom is 0.227 e. The third kappa shape index (κ3) is 3.41. The lowest BCUT2D eigenvalue weighted by molar-refractivity contribution is -0.127. The first-order valence-electron chi connectivity index (χ1n) is 6.70. The van der Waals surface area contributed by atoms with Crippen molar-refractivity contribution in [3.63, 3.8) is 0 Å². The van der Waals surface area contributed by atoms with Gasteiger partial charge >= 0.3 is 0 Å². The number of halogens is 3. The van der Waals surface area contributed by atoms with Gasteiger partial charge in [0.25, 0.3) is 0 Å². The van der Waals surface area contributed by atoms with Crippen molar-refractivity contribution in [1.82, 2.24) is 5.32 Å². The van der Waals surface area contributed by atoms with Crippen LogP contribution in [0.15, 0.2) is 24.3 Å².